The van der Waals surface area contributed by atoms with Gasteiger partial charge in [-0.05, 0) is 18.2 Å². The third-order valence-electron chi connectivity index (χ3n) is 3.32. The lowest BCUT2D eigenvalue weighted by atomic mass is 10.1. The topological polar surface area (TPSA) is 75.6 Å². The van der Waals surface area contributed by atoms with Crippen LogP contribution in [0.2, 0.25) is 0 Å². The molecule has 0 fully saturated rings. The Morgan fingerprint density at radius 1 is 1.10 bits per heavy atom. The Hall–Kier alpha value is -2.89. The summed E-state index contributed by atoms with van der Waals surface area (Å²) in [7, 11) is 0. The summed E-state index contributed by atoms with van der Waals surface area (Å²) in [5.74, 6) is 0.0193. The molecule has 2 N–H and O–H groups in total. The zero-order valence-corrected chi connectivity index (χ0v) is 10.3. The summed E-state index contributed by atoms with van der Waals surface area (Å²) < 4.78 is 5.80. The quantitative estimate of drug-likeness (QED) is 0.812. The highest BCUT2D eigenvalue weighted by atomic mass is 16.6. The first-order valence-corrected chi connectivity index (χ1v) is 6.16. The highest BCUT2D eigenvalue weighted by molar-refractivity contribution is 6.08. The first-order chi connectivity index (χ1) is 9.79. The van der Waals surface area contributed by atoms with E-state index in [9.17, 15) is 4.79 Å². The van der Waals surface area contributed by atoms with Gasteiger partial charge in [0, 0.05) is 6.20 Å². The summed E-state index contributed by atoms with van der Waals surface area (Å²) in [5.41, 5.74) is 3.54. The van der Waals surface area contributed by atoms with Crippen LogP contribution in [0, 0.1) is 0 Å². The number of para-hydroxylation sites is 1. The molecule has 3 heterocycles. The van der Waals surface area contributed by atoms with E-state index >= 15 is 0 Å². The monoisotopic (exact) mass is 266 g/mol. The van der Waals surface area contributed by atoms with Crippen LogP contribution in [0.4, 0.5) is 5.69 Å². The van der Waals surface area contributed by atoms with Crippen LogP contribution < -0.4 is 10.7 Å². The predicted molar refractivity (Wildman–Crippen MR) is 71.7 cm³/mol. The molecule has 98 valence electrons. The molecule has 1 unspecified atom stereocenters. The van der Waals surface area contributed by atoms with E-state index in [0.29, 0.717) is 11.6 Å². The maximum atomic E-state index is 12.2. The van der Waals surface area contributed by atoms with Gasteiger partial charge < -0.3 is 10.1 Å². The number of benzene rings is 1. The minimum atomic E-state index is -1.29. The lowest BCUT2D eigenvalue weighted by Crippen LogP contribution is -2.44. The first-order valence-electron chi connectivity index (χ1n) is 6.16. The van der Waals surface area contributed by atoms with E-state index in [2.05, 4.69) is 20.8 Å². The number of carbonyl (C=O) groups excluding carboxylic acids is 1. The smallest absolute Gasteiger partial charge is 0.305 e. The fourth-order valence-electron chi connectivity index (χ4n) is 2.36. The van der Waals surface area contributed by atoms with Gasteiger partial charge in [0.25, 0.3) is 11.8 Å². The van der Waals surface area contributed by atoms with Gasteiger partial charge >= 0.3 is 5.72 Å². The second-order valence-corrected chi connectivity index (χ2v) is 4.53. The third kappa shape index (κ3) is 1.36. The molecular weight excluding hydrogens is 256 g/mol. The van der Waals surface area contributed by atoms with E-state index in [0.717, 1.165) is 11.3 Å². The molecule has 6 heteroatoms. The number of ether oxygens (including phenoxy) is 1. The summed E-state index contributed by atoms with van der Waals surface area (Å²) in [6.07, 6.45) is 1.65. The Morgan fingerprint density at radius 3 is 2.80 bits per heavy atom. The molecule has 1 aromatic heterocycles. The lowest BCUT2D eigenvalue weighted by Gasteiger charge is -2.20. The predicted octanol–water partition coefficient (Wildman–Crippen LogP) is 1.17. The van der Waals surface area contributed by atoms with Crippen molar-refractivity contribution in [1.29, 1.82) is 0 Å². The summed E-state index contributed by atoms with van der Waals surface area (Å²) in [6, 6.07) is 12.8. The Balaban J connectivity index is 1.74. The molecule has 0 radical (unpaired) electrons. The number of anilines is 1. The largest absolute Gasteiger partial charge is 0.433 e. The van der Waals surface area contributed by atoms with E-state index in [-0.39, 0.29) is 5.91 Å². The van der Waals surface area contributed by atoms with Crippen molar-refractivity contribution in [3.8, 4) is 0 Å². The average molecular weight is 266 g/mol. The summed E-state index contributed by atoms with van der Waals surface area (Å²) in [5, 5.41) is 6.89. The van der Waals surface area contributed by atoms with Crippen LogP contribution in [-0.2, 0) is 15.3 Å². The summed E-state index contributed by atoms with van der Waals surface area (Å²) in [6.45, 7) is 0. The van der Waals surface area contributed by atoms with Crippen molar-refractivity contribution >= 4 is 17.5 Å². The number of aromatic nitrogens is 1. The molecule has 1 aromatic carbocycles. The fourth-order valence-corrected chi connectivity index (χ4v) is 2.36. The SMILES string of the molecule is O=C1Nc2ccccc2C12NN=C(c1ccccn1)O2. The molecule has 1 atom stereocenters. The van der Waals surface area contributed by atoms with E-state index in [1.807, 2.05) is 30.3 Å². The molecule has 2 aliphatic rings. The van der Waals surface area contributed by atoms with Crippen molar-refractivity contribution in [3.63, 3.8) is 0 Å². The van der Waals surface area contributed by atoms with Crippen LogP contribution in [0.15, 0.2) is 53.8 Å². The van der Waals surface area contributed by atoms with Gasteiger partial charge in [-0.15, -0.1) is 5.10 Å². The van der Waals surface area contributed by atoms with Crippen molar-refractivity contribution in [2.24, 2.45) is 5.10 Å². The molecule has 1 spiro atoms. The number of pyridine rings is 1. The van der Waals surface area contributed by atoms with Gasteiger partial charge in [-0.25, -0.2) is 0 Å². The maximum absolute atomic E-state index is 12.2. The third-order valence-corrected chi connectivity index (χ3v) is 3.32. The summed E-state index contributed by atoms with van der Waals surface area (Å²) >= 11 is 0. The number of rotatable bonds is 1. The minimum Gasteiger partial charge on any atom is -0.433 e. The number of hydrazone groups is 1. The Labute approximate surface area is 114 Å². The number of amides is 1. The lowest BCUT2D eigenvalue weighted by molar-refractivity contribution is -0.133. The number of nitrogens with zero attached hydrogens (tertiary/aromatic N) is 2. The number of fused-ring (bicyclic) bond motifs is 2. The molecule has 2 aromatic rings. The fraction of sp³-hybridized carbons (Fsp3) is 0.0714. The second kappa shape index (κ2) is 3.80. The first kappa shape index (κ1) is 11.0. The van der Waals surface area contributed by atoms with E-state index in [1.54, 1.807) is 18.3 Å². The van der Waals surface area contributed by atoms with Crippen molar-refractivity contribution in [2.75, 3.05) is 5.32 Å². The van der Waals surface area contributed by atoms with E-state index < -0.39 is 5.72 Å². The second-order valence-electron chi connectivity index (χ2n) is 4.53. The molecular formula is C14H10N4O2. The molecule has 0 aliphatic carbocycles. The molecule has 4 rings (SSSR count). The molecule has 2 aliphatic heterocycles. The van der Waals surface area contributed by atoms with Crippen molar-refractivity contribution < 1.29 is 9.53 Å². The molecule has 0 saturated carbocycles. The van der Waals surface area contributed by atoms with Gasteiger partial charge in [-0.2, -0.15) is 0 Å². The van der Waals surface area contributed by atoms with Gasteiger partial charge in [0.15, 0.2) is 0 Å². The van der Waals surface area contributed by atoms with Gasteiger partial charge in [0.1, 0.15) is 5.69 Å². The zero-order chi connectivity index (χ0) is 13.6. The van der Waals surface area contributed by atoms with Crippen molar-refractivity contribution in [1.82, 2.24) is 10.4 Å². The molecule has 20 heavy (non-hydrogen) atoms. The summed E-state index contributed by atoms with van der Waals surface area (Å²) in [4.78, 5) is 16.4. The van der Waals surface area contributed by atoms with Crippen LogP contribution in [0.5, 0.6) is 0 Å². The minimum absolute atomic E-state index is 0.284. The van der Waals surface area contributed by atoms with Crippen LogP contribution in [-0.4, -0.2) is 16.8 Å². The Morgan fingerprint density at radius 2 is 1.95 bits per heavy atom. The van der Waals surface area contributed by atoms with Gasteiger partial charge in [-0.3, -0.25) is 15.2 Å². The number of hydrogen-bond acceptors (Lipinski definition) is 5. The Bertz CT molecular complexity index is 729. The van der Waals surface area contributed by atoms with Gasteiger partial charge in [0.05, 0.1) is 11.3 Å². The number of carbonyl (C=O) groups is 1. The van der Waals surface area contributed by atoms with E-state index in [1.165, 1.54) is 0 Å². The molecule has 6 nitrogen and oxygen atoms in total. The molecule has 0 saturated heterocycles. The van der Waals surface area contributed by atoms with Crippen molar-refractivity contribution in [2.45, 2.75) is 5.72 Å². The van der Waals surface area contributed by atoms with Gasteiger partial charge in [-0.1, -0.05) is 24.3 Å². The standard InChI is InChI=1S/C14H10N4O2/c19-13-14(9-5-1-2-6-10(9)16-13)18-17-12(20-14)11-7-3-4-8-15-11/h1-8,18H,(H,16,19). The highest BCUT2D eigenvalue weighted by Gasteiger charge is 2.53. The molecule has 1 amide bonds. The van der Waals surface area contributed by atoms with Crippen LogP contribution >= 0.6 is 0 Å². The van der Waals surface area contributed by atoms with Crippen LogP contribution in [0.3, 0.4) is 0 Å². The van der Waals surface area contributed by atoms with Crippen LogP contribution in [0.25, 0.3) is 0 Å². The van der Waals surface area contributed by atoms with Crippen LogP contribution in [0.1, 0.15) is 11.3 Å². The number of nitrogens with one attached hydrogen (secondary N) is 2. The van der Waals surface area contributed by atoms with Crippen molar-refractivity contribution in [3.05, 3.63) is 59.9 Å². The van der Waals surface area contributed by atoms with Gasteiger partial charge in [0.2, 0.25) is 0 Å². The maximum Gasteiger partial charge on any atom is 0.305 e. The highest BCUT2D eigenvalue weighted by Crippen LogP contribution is 2.39. The van der Waals surface area contributed by atoms with E-state index in [4.69, 9.17) is 4.74 Å². The molecule has 0 bridgehead atoms. The number of hydrogen-bond donors (Lipinski definition) is 2. The normalized spacial score (nSPS) is 22.8. The average Bonchev–Trinajstić information content (AvgIpc) is 3.05. The zero-order valence-electron chi connectivity index (χ0n) is 10.3. The Kier molecular flexibility index (Phi) is 2.09.